The molecule has 11 heteroatoms. The monoisotopic (exact) mass is 555 g/mol. The first-order valence-electron chi connectivity index (χ1n) is 10.8. The van der Waals surface area contributed by atoms with E-state index in [1.165, 1.54) is 24.4 Å². The molecule has 10 nitrogen and oxygen atoms in total. The molecular formula is C25H22BrN3O7. The number of hydrazone groups is 1. The molecule has 3 aromatic carbocycles. The van der Waals surface area contributed by atoms with Crippen molar-refractivity contribution in [3.05, 3.63) is 92.4 Å². The molecule has 0 radical (unpaired) electrons. The van der Waals surface area contributed by atoms with Crippen molar-refractivity contribution in [2.75, 3.05) is 13.2 Å². The Labute approximate surface area is 215 Å². The number of halogens is 1. The maximum Gasteiger partial charge on any atom is 0.343 e. The highest BCUT2D eigenvalue weighted by Crippen LogP contribution is 2.26. The van der Waals surface area contributed by atoms with E-state index in [1.54, 1.807) is 48.5 Å². The average Bonchev–Trinajstić information content (AvgIpc) is 2.88. The molecule has 0 aliphatic rings. The number of carbonyl (C=O) groups excluding carboxylic acids is 2. The normalized spacial score (nSPS) is 10.6. The standard InChI is InChI=1S/C25H22BrN3O7/c1-2-13-34-20-10-7-17(8-11-20)25(31)36-22-12-9-19(26)14-18(22)15-27-28-24(30)16-35-23-6-4-3-5-21(23)29(32)33/h3-12,14-15H,2,13,16H2,1H3,(H,28,30). The van der Waals surface area contributed by atoms with Gasteiger partial charge in [-0.1, -0.05) is 35.0 Å². The maximum absolute atomic E-state index is 12.6. The number of nitro groups is 1. The topological polar surface area (TPSA) is 129 Å². The molecule has 1 N–H and O–H groups in total. The largest absolute Gasteiger partial charge is 0.494 e. The van der Waals surface area contributed by atoms with Crippen LogP contribution in [0.4, 0.5) is 5.69 Å². The van der Waals surface area contributed by atoms with Gasteiger partial charge in [-0.3, -0.25) is 14.9 Å². The predicted molar refractivity (Wildman–Crippen MR) is 136 cm³/mol. The van der Waals surface area contributed by atoms with Gasteiger partial charge in [0.15, 0.2) is 12.4 Å². The van der Waals surface area contributed by atoms with Crippen LogP contribution in [0.2, 0.25) is 0 Å². The van der Waals surface area contributed by atoms with Crippen molar-refractivity contribution in [2.45, 2.75) is 13.3 Å². The average molecular weight is 556 g/mol. The van der Waals surface area contributed by atoms with Gasteiger partial charge in [-0.05, 0) is 55.0 Å². The molecule has 0 aliphatic carbocycles. The Balaban J connectivity index is 1.61. The number of ether oxygens (including phenoxy) is 3. The van der Waals surface area contributed by atoms with Gasteiger partial charge in [-0.15, -0.1) is 0 Å². The molecule has 0 saturated carbocycles. The number of rotatable bonds is 11. The number of nitro benzene ring substituents is 1. The molecule has 0 atom stereocenters. The molecule has 186 valence electrons. The van der Waals surface area contributed by atoms with Crippen LogP contribution < -0.4 is 19.6 Å². The number of hydrogen-bond acceptors (Lipinski definition) is 8. The van der Waals surface area contributed by atoms with Crippen molar-refractivity contribution in [1.82, 2.24) is 5.43 Å². The Morgan fingerprint density at radius 1 is 1.06 bits per heavy atom. The number of esters is 1. The second-order valence-corrected chi connectivity index (χ2v) is 8.17. The lowest BCUT2D eigenvalue weighted by molar-refractivity contribution is -0.385. The van der Waals surface area contributed by atoms with E-state index in [1.807, 2.05) is 6.92 Å². The van der Waals surface area contributed by atoms with Gasteiger partial charge in [-0.25, -0.2) is 10.2 Å². The number of nitrogens with one attached hydrogen (secondary N) is 1. The van der Waals surface area contributed by atoms with Gasteiger partial charge in [0.2, 0.25) is 0 Å². The molecule has 36 heavy (non-hydrogen) atoms. The van der Waals surface area contributed by atoms with Gasteiger partial charge in [0.1, 0.15) is 11.5 Å². The minimum Gasteiger partial charge on any atom is -0.494 e. The third-order valence-electron chi connectivity index (χ3n) is 4.55. The lowest BCUT2D eigenvalue weighted by atomic mass is 10.2. The zero-order valence-corrected chi connectivity index (χ0v) is 20.8. The highest BCUT2D eigenvalue weighted by Gasteiger charge is 2.15. The van der Waals surface area contributed by atoms with Gasteiger partial charge < -0.3 is 14.2 Å². The fourth-order valence-corrected chi connectivity index (χ4v) is 3.24. The molecule has 0 aliphatic heterocycles. The van der Waals surface area contributed by atoms with Crippen LogP contribution in [0.3, 0.4) is 0 Å². The Hall–Kier alpha value is -4.25. The molecule has 0 spiro atoms. The van der Waals surface area contributed by atoms with Crippen LogP contribution in [-0.2, 0) is 4.79 Å². The summed E-state index contributed by atoms with van der Waals surface area (Å²) in [5.74, 6) is -0.359. The molecule has 0 aromatic heterocycles. The van der Waals surface area contributed by atoms with Crippen molar-refractivity contribution in [3.63, 3.8) is 0 Å². The van der Waals surface area contributed by atoms with Crippen LogP contribution in [-0.4, -0.2) is 36.2 Å². The van der Waals surface area contributed by atoms with Crippen LogP contribution in [0, 0.1) is 10.1 Å². The molecule has 0 heterocycles. The van der Waals surface area contributed by atoms with Crippen LogP contribution in [0.25, 0.3) is 0 Å². The van der Waals surface area contributed by atoms with Crippen molar-refractivity contribution < 1.29 is 28.7 Å². The van der Waals surface area contributed by atoms with E-state index in [4.69, 9.17) is 14.2 Å². The molecule has 0 fully saturated rings. The van der Waals surface area contributed by atoms with E-state index < -0.39 is 23.4 Å². The Bertz CT molecular complexity index is 1260. The van der Waals surface area contributed by atoms with Crippen LogP contribution in [0.5, 0.6) is 17.2 Å². The second kappa shape index (κ2) is 13.0. The van der Waals surface area contributed by atoms with Crippen LogP contribution in [0.15, 0.2) is 76.3 Å². The van der Waals surface area contributed by atoms with Crippen molar-refractivity contribution in [3.8, 4) is 17.2 Å². The van der Waals surface area contributed by atoms with E-state index in [2.05, 4.69) is 26.5 Å². The summed E-state index contributed by atoms with van der Waals surface area (Å²) >= 11 is 3.35. The van der Waals surface area contributed by atoms with Gasteiger partial charge >= 0.3 is 11.7 Å². The van der Waals surface area contributed by atoms with Gasteiger partial charge in [0, 0.05) is 16.1 Å². The highest BCUT2D eigenvalue weighted by molar-refractivity contribution is 9.10. The molecule has 0 saturated heterocycles. The van der Waals surface area contributed by atoms with E-state index in [-0.39, 0.29) is 17.2 Å². The Morgan fingerprint density at radius 3 is 2.53 bits per heavy atom. The predicted octanol–water partition coefficient (Wildman–Crippen LogP) is 4.89. The van der Waals surface area contributed by atoms with E-state index in [9.17, 15) is 19.7 Å². The van der Waals surface area contributed by atoms with Crippen LogP contribution >= 0.6 is 15.9 Å². The van der Waals surface area contributed by atoms with E-state index in [0.29, 0.717) is 28.0 Å². The minimum atomic E-state index is -0.636. The summed E-state index contributed by atoms with van der Waals surface area (Å²) in [6.45, 7) is 2.10. The zero-order valence-electron chi connectivity index (χ0n) is 19.2. The summed E-state index contributed by atoms with van der Waals surface area (Å²) in [6.07, 6.45) is 2.18. The van der Waals surface area contributed by atoms with E-state index in [0.717, 1.165) is 6.42 Å². The van der Waals surface area contributed by atoms with Crippen molar-refractivity contribution in [2.24, 2.45) is 5.10 Å². The quantitative estimate of drug-likeness (QED) is 0.117. The van der Waals surface area contributed by atoms with Gasteiger partial charge in [0.05, 0.1) is 23.3 Å². The summed E-state index contributed by atoms with van der Waals surface area (Å²) in [4.78, 5) is 35.1. The van der Waals surface area contributed by atoms with E-state index >= 15 is 0 Å². The number of hydrogen-bond donors (Lipinski definition) is 1. The lowest BCUT2D eigenvalue weighted by Gasteiger charge is -2.09. The lowest BCUT2D eigenvalue weighted by Crippen LogP contribution is -2.24. The summed E-state index contributed by atoms with van der Waals surface area (Å²) in [5.41, 5.74) is 2.77. The second-order valence-electron chi connectivity index (χ2n) is 7.25. The first kappa shape index (κ1) is 26.4. The number of para-hydroxylation sites is 2. The summed E-state index contributed by atoms with van der Waals surface area (Å²) in [7, 11) is 0. The summed E-state index contributed by atoms with van der Waals surface area (Å²) < 4.78 is 17.0. The first-order valence-corrected chi connectivity index (χ1v) is 11.6. The van der Waals surface area contributed by atoms with Crippen molar-refractivity contribution in [1.29, 1.82) is 0 Å². The van der Waals surface area contributed by atoms with Crippen molar-refractivity contribution >= 4 is 39.7 Å². The molecule has 3 aromatic rings. The molecule has 0 bridgehead atoms. The summed E-state index contributed by atoms with van der Waals surface area (Å²) in [5, 5.41) is 14.9. The third-order valence-corrected chi connectivity index (χ3v) is 5.04. The Morgan fingerprint density at radius 2 is 1.81 bits per heavy atom. The number of benzene rings is 3. The van der Waals surface area contributed by atoms with Gasteiger partial charge in [0.25, 0.3) is 5.91 Å². The molecule has 0 unspecified atom stereocenters. The maximum atomic E-state index is 12.6. The molecular weight excluding hydrogens is 534 g/mol. The first-order chi connectivity index (χ1) is 17.4. The fraction of sp³-hybridized carbons (Fsp3) is 0.160. The smallest absolute Gasteiger partial charge is 0.343 e. The molecule has 1 amide bonds. The number of carbonyl (C=O) groups is 2. The Kier molecular flexibility index (Phi) is 9.52. The minimum absolute atomic E-state index is 0.0345. The van der Waals surface area contributed by atoms with Crippen LogP contribution in [0.1, 0.15) is 29.3 Å². The van der Waals surface area contributed by atoms with Gasteiger partial charge in [-0.2, -0.15) is 5.10 Å². The third kappa shape index (κ3) is 7.64. The number of amides is 1. The summed E-state index contributed by atoms with van der Waals surface area (Å²) in [6, 6.07) is 17.3. The SMILES string of the molecule is CCCOc1ccc(C(=O)Oc2ccc(Br)cc2C=NNC(=O)COc2ccccc2[N+](=O)[O-])cc1. The highest BCUT2D eigenvalue weighted by atomic mass is 79.9. The fourth-order valence-electron chi connectivity index (χ4n) is 2.86. The molecule has 3 rings (SSSR count). The zero-order chi connectivity index (χ0) is 25.9. The number of nitrogens with zero attached hydrogens (tertiary/aromatic N) is 2.